The molecular formula is C20H18N6O2S2. The largest absolute Gasteiger partial charge is 0.496 e. The molecule has 0 radical (unpaired) electrons. The van der Waals surface area contributed by atoms with E-state index < -0.39 is 0 Å². The van der Waals surface area contributed by atoms with Crippen molar-refractivity contribution >= 4 is 45.2 Å². The monoisotopic (exact) mass is 438 g/mol. The third kappa shape index (κ3) is 3.87. The van der Waals surface area contributed by atoms with E-state index in [0.717, 1.165) is 32.6 Å². The zero-order chi connectivity index (χ0) is 21.3. The number of methoxy groups -OCH3 is 1. The Morgan fingerprint density at radius 3 is 2.70 bits per heavy atom. The van der Waals surface area contributed by atoms with Gasteiger partial charge in [-0.15, -0.1) is 10.2 Å². The van der Waals surface area contributed by atoms with E-state index in [4.69, 9.17) is 17.0 Å². The lowest BCUT2D eigenvalue weighted by Gasteiger charge is -2.13. The fourth-order valence-corrected chi connectivity index (χ4v) is 4.01. The van der Waals surface area contributed by atoms with Crippen LogP contribution in [0.4, 0.5) is 5.69 Å². The number of anilines is 1. The minimum Gasteiger partial charge on any atom is -0.496 e. The van der Waals surface area contributed by atoms with Crippen LogP contribution in [-0.4, -0.2) is 37.9 Å². The molecule has 2 heterocycles. The van der Waals surface area contributed by atoms with Gasteiger partial charge in [0, 0.05) is 11.3 Å². The lowest BCUT2D eigenvalue weighted by Crippen LogP contribution is -2.34. The lowest BCUT2D eigenvalue weighted by atomic mass is 10.1. The van der Waals surface area contributed by atoms with E-state index >= 15 is 0 Å². The molecule has 152 valence electrons. The van der Waals surface area contributed by atoms with Crippen molar-refractivity contribution in [3.8, 4) is 16.3 Å². The van der Waals surface area contributed by atoms with Crippen molar-refractivity contribution in [1.82, 2.24) is 25.1 Å². The maximum absolute atomic E-state index is 12.5. The second-order valence-corrected chi connectivity index (χ2v) is 7.85. The Balaban J connectivity index is 1.48. The number of aryl methyl sites for hydroxylation is 2. The van der Waals surface area contributed by atoms with Crippen LogP contribution in [0, 0.1) is 13.8 Å². The molecule has 10 heteroatoms. The summed E-state index contributed by atoms with van der Waals surface area (Å²) in [6.07, 6.45) is 0. The van der Waals surface area contributed by atoms with Crippen LogP contribution < -0.4 is 15.4 Å². The number of fused-ring (bicyclic) bond motifs is 1. The third-order valence-corrected chi connectivity index (χ3v) is 5.60. The molecule has 0 aliphatic heterocycles. The summed E-state index contributed by atoms with van der Waals surface area (Å²) in [7, 11) is 1.52. The van der Waals surface area contributed by atoms with Gasteiger partial charge in [-0.1, -0.05) is 23.5 Å². The average Bonchev–Trinajstić information content (AvgIpc) is 3.31. The summed E-state index contributed by atoms with van der Waals surface area (Å²) < 4.78 is 6.95. The molecule has 0 atom stereocenters. The molecule has 0 saturated carbocycles. The Bertz CT molecular complexity index is 1260. The molecule has 1 amide bonds. The fourth-order valence-electron chi connectivity index (χ4n) is 2.92. The first kappa shape index (κ1) is 19.9. The summed E-state index contributed by atoms with van der Waals surface area (Å²) in [6.45, 7) is 3.82. The normalized spacial score (nSPS) is 10.8. The number of rotatable bonds is 4. The molecule has 2 aromatic carbocycles. The minimum atomic E-state index is -0.339. The zero-order valence-corrected chi connectivity index (χ0v) is 18.1. The number of thiocarbonyl (C=S) groups is 1. The van der Waals surface area contributed by atoms with Crippen molar-refractivity contribution in [3.63, 3.8) is 0 Å². The molecule has 0 spiro atoms. The summed E-state index contributed by atoms with van der Waals surface area (Å²) in [5, 5.41) is 19.5. The van der Waals surface area contributed by atoms with Crippen molar-refractivity contribution in [3.05, 3.63) is 59.4 Å². The number of hydrogen-bond acceptors (Lipinski definition) is 7. The number of amides is 1. The highest BCUT2D eigenvalue weighted by atomic mass is 32.1. The average molecular weight is 439 g/mol. The van der Waals surface area contributed by atoms with E-state index in [-0.39, 0.29) is 11.0 Å². The molecule has 8 nitrogen and oxygen atoms in total. The zero-order valence-electron chi connectivity index (χ0n) is 16.5. The predicted octanol–water partition coefficient (Wildman–Crippen LogP) is 3.61. The molecule has 0 aliphatic rings. The van der Waals surface area contributed by atoms with Gasteiger partial charge in [-0.05, 0) is 62.0 Å². The van der Waals surface area contributed by atoms with Crippen molar-refractivity contribution in [1.29, 1.82) is 0 Å². The Morgan fingerprint density at radius 1 is 1.17 bits per heavy atom. The van der Waals surface area contributed by atoms with Gasteiger partial charge in [0.25, 0.3) is 5.91 Å². The lowest BCUT2D eigenvalue weighted by molar-refractivity contribution is 0.0975. The van der Waals surface area contributed by atoms with E-state index in [1.165, 1.54) is 18.4 Å². The number of para-hydroxylation sites is 1. The van der Waals surface area contributed by atoms with Crippen molar-refractivity contribution in [2.75, 3.05) is 12.4 Å². The molecule has 2 aromatic heterocycles. The number of nitrogens with zero attached hydrogens (tertiary/aromatic N) is 4. The van der Waals surface area contributed by atoms with Crippen LogP contribution in [0.2, 0.25) is 0 Å². The molecule has 0 bridgehead atoms. The van der Waals surface area contributed by atoms with Crippen LogP contribution in [0.15, 0.2) is 42.5 Å². The number of aromatic nitrogens is 4. The van der Waals surface area contributed by atoms with E-state index in [1.807, 2.05) is 32.0 Å². The van der Waals surface area contributed by atoms with Gasteiger partial charge in [0.1, 0.15) is 10.8 Å². The quantitative estimate of drug-likeness (QED) is 0.470. The second-order valence-electron chi connectivity index (χ2n) is 6.49. The minimum absolute atomic E-state index is 0.205. The SMILES string of the molecule is COc1ccccc1C(=O)NC(=S)Nc1ccc(-c2nn3c(C)nnc3s2)cc1C. The highest BCUT2D eigenvalue weighted by Crippen LogP contribution is 2.28. The molecule has 4 rings (SSSR count). The predicted molar refractivity (Wildman–Crippen MR) is 120 cm³/mol. The van der Waals surface area contributed by atoms with Crippen LogP contribution in [0.1, 0.15) is 21.7 Å². The number of nitrogens with one attached hydrogen (secondary N) is 2. The second kappa shape index (κ2) is 8.17. The molecule has 2 N–H and O–H groups in total. The highest BCUT2D eigenvalue weighted by Gasteiger charge is 2.14. The van der Waals surface area contributed by atoms with Crippen molar-refractivity contribution in [2.24, 2.45) is 0 Å². The van der Waals surface area contributed by atoms with Gasteiger partial charge in [-0.3, -0.25) is 10.1 Å². The number of carbonyl (C=O) groups excluding carboxylic acids is 1. The van der Waals surface area contributed by atoms with Crippen LogP contribution >= 0.6 is 23.6 Å². The Kier molecular flexibility index (Phi) is 5.42. The first-order valence-electron chi connectivity index (χ1n) is 9.01. The molecule has 0 unspecified atom stereocenters. The van der Waals surface area contributed by atoms with Gasteiger partial charge in [0.2, 0.25) is 4.96 Å². The smallest absolute Gasteiger partial charge is 0.261 e. The van der Waals surface area contributed by atoms with Crippen LogP contribution in [0.5, 0.6) is 5.75 Å². The molecule has 0 fully saturated rings. The summed E-state index contributed by atoms with van der Waals surface area (Å²) >= 11 is 6.78. The summed E-state index contributed by atoms with van der Waals surface area (Å²) in [4.78, 5) is 13.2. The Labute approximate surface area is 181 Å². The first-order chi connectivity index (χ1) is 14.5. The van der Waals surface area contributed by atoms with Gasteiger partial charge in [-0.2, -0.15) is 9.61 Å². The van der Waals surface area contributed by atoms with Gasteiger partial charge in [0.05, 0.1) is 12.7 Å². The van der Waals surface area contributed by atoms with Crippen LogP contribution in [-0.2, 0) is 0 Å². The molecular weight excluding hydrogens is 420 g/mol. The first-order valence-corrected chi connectivity index (χ1v) is 10.2. The number of hydrogen-bond donors (Lipinski definition) is 2. The van der Waals surface area contributed by atoms with Crippen molar-refractivity contribution in [2.45, 2.75) is 13.8 Å². The summed E-state index contributed by atoms with van der Waals surface area (Å²) in [6, 6.07) is 12.8. The standard InChI is InChI=1S/C20H18N6O2S2/c1-11-10-13(18-25-26-12(2)23-24-20(26)30-18)8-9-15(11)21-19(29)22-17(27)14-6-4-5-7-16(14)28-3/h4-10H,1-3H3,(H2,21,22,27,29). The van der Waals surface area contributed by atoms with Crippen LogP contribution in [0.3, 0.4) is 0 Å². The third-order valence-electron chi connectivity index (χ3n) is 4.45. The highest BCUT2D eigenvalue weighted by molar-refractivity contribution is 7.80. The number of benzene rings is 2. The maximum atomic E-state index is 12.5. The van der Waals surface area contributed by atoms with E-state index in [0.29, 0.717) is 11.3 Å². The Hall–Kier alpha value is -3.37. The van der Waals surface area contributed by atoms with E-state index in [1.54, 1.807) is 28.8 Å². The molecule has 4 aromatic rings. The summed E-state index contributed by atoms with van der Waals surface area (Å²) in [5.74, 6) is 0.895. The van der Waals surface area contributed by atoms with Gasteiger partial charge in [0.15, 0.2) is 10.9 Å². The number of ether oxygens (including phenoxy) is 1. The molecule has 0 saturated heterocycles. The van der Waals surface area contributed by atoms with E-state index in [2.05, 4.69) is 25.9 Å². The molecule has 0 aliphatic carbocycles. The maximum Gasteiger partial charge on any atom is 0.261 e. The van der Waals surface area contributed by atoms with E-state index in [9.17, 15) is 4.79 Å². The topological polar surface area (TPSA) is 93.4 Å². The van der Waals surface area contributed by atoms with Gasteiger partial charge in [-0.25, -0.2) is 0 Å². The fraction of sp³-hybridized carbons (Fsp3) is 0.150. The number of carbonyl (C=O) groups is 1. The van der Waals surface area contributed by atoms with Crippen molar-refractivity contribution < 1.29 is 9.53 Å². The Morgan fingerprint density at radius 2 is 1.97 bits per heavy atom. The van der Waals surface area contributed by atoms with Gasteiger partial charge < -0.3 is 10.1 Å². The van der Waals surface area contributed by atoms with Crippen LogP contribution in [0.25, 0.3) is 15.5 Å². The summed E-state index contributed by atoms with van der Waals surface area (Å²) in [5.41, 5.74) is 3.14. The van der Waals surface area contributed by atoms with Gasteiger partial charge >= 0.3 is 0 Å². The molecule has 30 heavy (non-hydrogen) atoms.